The van der Waals surface area contributed by atoms with Crippen molar-refractivity contribution in [2.75, 3.05) is 32.8 Å². The summed E-state index contributed by atoms with van der Waals surface area (Å²) in [4.78, 5) is 6.64. The van der Waals surface area contributed by atoms with Gasteiger partial charge in [0.1, 0.15) is 0 Å². The predicted molar refractivity (Wildman–Crippen MR) is 103 cm³/mol. The lowest BCUT2D eigenvalue weighted by atomic mass is 10.1. The van der Waals surface area contributed by atoms with Crippen molar-refractivity contribution >= 4 is 29.9 Å². The van der Waals surface area contributed by atoms with Gasteiger partial charge in [-0.1, -0.05) is 30.3 Å². The van der Waals surface area contributed by atoms with Gasteiger partial charge in [0.25, 0.3) is 0 Å². The first kappa shape index (κ1) is 19.2. The maximum Gasteiger partial charge on any atom is 0.191 e. The third-order valence-electron chi connectivity index (χ3n) is 3.78. The Morgan fingerprint density at radius 2 is 1.82 bits per heavy atom. The molecule has 0 bridgehead atoms. The first-order valence-electron chi connectivity index (χ1n) is 8.03. The minimum atomic E-state index is 0. The first-order chi connectivity index (χ1) is 10.4. The van der Waals surface area contributed by atoms with Gasteiger partial charge in [0.2, 0.25) is 0 Å². The summed E-state index contributed by atoms with van der Waals surface area (Å²) in [7, 11) is 0. The van der Waals surface area contributed by atoms with Gasteiger partial charge in [-0.2, -0.15) is 0 Å². The fourth-order valence-electron chi connectivity index (χ4n) is 2.52. The van der Waals surface area contributed by atoms with Gasteiger partial charge in [-0.25, -0.2) is 0 Å². The molecule has 2 N–H and O–H groups in total. The third kappa shape index (κ3) is 7.45. The number of nitrogens with two attached hydrogens (primary N) is 1. The third-order valence-corrected chi connectivity index (χ3v) is 3.78. The zero-order valence-electron chi connectivity index (χ0n) is 13.2. The number of hydrogen-bond acceptors (Lipinski definition) is 2. The second-order valence-corrected chi connectivity index (χ2v) is 5.49. The van der Waals surface area contributed by atoms with Crippen molar-refractivity contribution in [1.29, 1.82) is 0 Å². The van der Waals surface area contributed by atoms with Crippen LogP contribution in [0.25, 0.3) is 0 Å². The van der Waals surface area contributed by atoms with Gasteiger partial charge in [0.05, 0.1) is 6.61 Å². The lowest BCUT2D eigenvalue weighted by Crippen LogP contribution is -2.40. The van der Waals surface area contributed by atoms with Crippen LogP contribution in [-0.4, -0.2) is 43.7 Å². The maximum absolute atomic E-state index is 6.00. The molecule has 0 atom stereocenters. The summed E-state index contributed by atoms with van der Waals surface area (Å²) >= 11 is 0. The smallest absolute Gasteiger partial charge is 0.191 e. The molecule has 0 unspecified atom stereocenters. The molecule has 0 aliphatic carbocycles. The number of likely N-dealkylation sites (tertiary alicyclic amines) is 1. The number of rotatable bonds is 7. The standard InChI is InChI=1S/C17H27N3O.HI/c18-17(20-12-5-2-6-13-20)19-11-7-14-21-15-10-16-8-3-1-4-9-16;/h1,3-4,8-9H,2,5-7,10-15H2,(H2,18,19);1H. The SMILES string of the molecule is I.NC(=NCCCOCCc1ccccc1)N1CCCCC1. The molecule has 0 saturated carbocycles. The van der Waals surface area contributed by atoms with E-state index in [1.807, 2.05) is 6.07 Å². The molecule has 1 aromatic rings. The minimum absolute atomic E-state index is 0. The van der Waals surface area contributed by atoms with Gasteiger partial charge in [-0.15, -0.1) is 24.0 Å². The lowest BCUT2D eigenvalue weighted by molar-refractivity contribution is 0.136. The molecule has 1 fully saturated rings. The zero-order chi connectivity index (χ0) is 14.8. The van der Waals surface area contributed by atoms with Crippen molar-refractivity contribution in [2.24, 2.45) is 10.7 Å². The molecule has 1 aliphatic heterocycles. The minimum Gasteiger partial charge on any atom is -0.381 e. The van der Waals surface area contributed by atoms with Gasteiger partial charge in [-0.3, -0.25) is 4.99 Å². The van der Waals surface area contributed by atoms with E-state index in [1.54, 1.807) is 0 Å². The summed E-state index contributed by atoms with van der Waals surface area (Å²) in [6, 6.07) is 10.4. The van der Waals surface area contributed by atoms with E-state index < -0.39 is 0 Å². The Bertz CT molecular complexity index is 419. The zero-order valence-corrected chi connectivity index (χ0v) is 15.6. The molecule has 0 spiro atoms. The van der Waals surface area contributed by atoms with Crippen LogP contribution in [0.4, 0.5) is 0 Å². The highest BCUT2D eigenvalue weighted by atomic mass is 127. The Morgan fingerprint density at radius 3 is 2.55 bits per heavy atom. The number of ether oxygens (including phenoxy) is 1. The number of aliphatic imine (C=N–C) groups is 1. The molecule has 1 heterocycles. The van der Waals surface area contributed by atoms with E-state index in [1.165, 1.54) is 24.8 Å². The van der Waals surface area contributed by atoms with Crippen molar-refractivity contribution in [2.45, 2.75) is 32.1 Å². The molecule has 1 aromatic carbocycles. The van der Waals surface area contributed by atoms with Crippen LogP contribution in [-0.2, 0) is 11.2 Å². The summed E-state index contributed by atoms with van der Waals surface area (Å²) in [5.74, 6) is 0.707. The quantitative estimate of drug-likeness (QED) is 0.321. The normalized spacial score (nSPS) is 15.5. The number of benzene rings is 1. The van der Waals surface area contributed by atoms with Crippen LogP contribution in [0.3, 0.4) is 0 Å². The van der Waals surface area contributed by atoms with Crippen LogP contribution >= 0.6 is 24.0 Å². The number of guanidine groups is 1. The molecular weight excluding hydrogens is 389 g/mol. The monoisotopic (exact) mass is 417 g/mol. The highest BCUT2D eigenvalue weighted by Gasteiger charge is 2.11. The number of hydrogen-bond donors (Lipinski definition) is 1. The van der Waals surface area contributed by atoms with Crippen LogP contribution in [0.5, 0.6) is 0 Å². The van der Waals surface area contributed by atoms with E-state index in [-0.39, 0.29) is 24.0 Å². The Morgan fingerprint density at radius 1 is 1.09 bits per heavy atom. The molecule has 124 valence electrons. The maximum atomic E-state index is 6.00. The first-order valence-corrected chi connectivity index (χ1v) is 8.03. The fourth-order valence-corrected chi connectivity index (χ4v) is 2.52. The average molecular weight is 417 g/mol. The summed E-state index contributed by atoms with van der Waals surface area (Å²) in [5, 5.41) is 0. The predicted octanol–water partition coefficient (Wildman–Crippen LogP) is 3.05. The molecule has 1 saturated heterocycles. The van der Waals surface area contributed by atoms with Crippen molar-refractivity contribution in [3.05, 3.63) is 35.9 Å². The molecule has 5 heteroatoms. The Balaban J connectivity index is 0.00000242. The molecule has 2 rings (SSSR count). The van der Waals surface area contributed by atoms with Crippen molar-refractivity contribution in [3.63, 3.8) is 0 Å². The highest BCUT2D eigenvalue weighted by molar-refractivity contribution is 14.0. The molecule has 22 heavy (non-hydrogen) atoms. The van der Waals surface area contributed by atoms with Crippen LogP contribution in [0.2, 0.25) is 0 Å². The molecule has 1 aliphatic rings. The summed E-state index contributed by atoms with van der Waals surface area (Å²) in [5.41, 5.74) is 7.32. The van der Waals surface area contributed by atoms with E-state index in [0.29, 0.717) is 5.96 Å². The second kappa shape index (κ2) is 11.7. The van der Waals surface area contributed by atoms with Gasteiger partial charge in [-0.05, 0) is 37.7 Å². The molecular formula is C17H28IN3O. The van der Waals surface area contributed by atoms with E-state index >= 15 is 0 Å². The van der Waals surface area contributed by atoms with E-state index in [4.69, 9.17) is 10.5 Å². The van der Waals surface area contributed by atoms with Crippen molar-refractivity contribution < 1.29 is 4.74 Å². The van der Waals surface area contributed by atoms with Crippen LogP contribution in [0.15, 0.2) is 35.3 Å². The van der Waals surface area contributed by atoms with E-state index in [0.717, 1.165) is 45.7 Å². The van der Waals surface area contributed by atoms with Gasteiger partial charge < -0.3 is 15.4 Å². The Hall–Kier alpha value is -0.820. The number of halogens is 1. The summed E-state index contributed by atoms with van der Waals surface area (Å²) in [6.07, 6.45) is 5.69. The van der Waals surface area contributed by atoms with E-state index in [9.17, 15) is 0 Å². The number of piperidine rings is 1. The summed E-state index contributed by atoms with van der Waals surface area (Å²) in [6.45, 7) is 4.40. The Kier molecular flexibility index (Phi) is 10.2. The van der Waals surface area contributed by atoms with Crippen molar-refractivity contribution in [1.82, 2.24) is 4.90 Å². The molecule has 0 radical (unpaired) electrons. The fraction of sp³-hybridized carbons (Fsp3) is 0.588. The average Bonchev–Trinajstić information content (AvgIpc) is 2.55. The molecule has 4 nitrogen and oxygen atoms in total. The van der Waals surface area contributed by atoms with Gasteiger partial charge in [0.15, 0.2) is 5.96 Å². The highest BCUT2D eigenvalue weighted by Crippen LogP contribution is 2.07. The van der Waals surface area contributed by atoms with Crippen molar-refractivity contribution in [3.8, 4) is 0 Å². The largest absolute Gasteiger partial charge is 0.381 e. The summed E-state index contributed by atoms with van der Waals surface area (Å²) < 4.78 is 5.64. The van der Waals surface area contributed by atoms with Gasteiger partial charge >= 0.3 is 0 Å². The second-order valence-electron chi connectivity index (χ2n) is 5.49. The number of nitrogens with zero attached hydrogens (tertiary/aromatic N) is 2. The van der Waals surface area contributed by atoms with Crippen LogP contribution in [0.1, 0.15) is 31.2 Å². The topological polar surface area (TPSA) is 50.9 Å². The Labute approximate surface area is 151 Å². The molecule has 0 aromatic heterocycles. The van der Waals surface area contributed by atoms with Gasteiger partial charge in [0, 0.05) is 26.2 Å². The lowest BCUT2D eigenvalue weighted by Gasteiger charge is -2.27. The van der Waals surface area contributed by atoms with E-state index in [2.05, 4.69) is 34.2 Å². The van der Waals surface area contributed by atoms with Crippen LogP contribution in [0, 0.1) is 0 Å². The molecule has 0 amide bonds. The van der Waals surface area contributed by atoms with Crippen LogP contribution < -0.4 is 5.73 Å².